The van der Waals surface area contributed by atoms with E-state index in [-0.39, 0.29) is 12.5 Å². The van der Waals surface area contributed by atoms with E-state index >= 15 is 0 Å². The number of rotatable bonds is 9. The lowest BCUT2D eigenvalue weighted by molar-refractivity contribution is 0.141. The maximum Gasteiger partial charge on any atom is 0.217 e. The standard InChI is InChI=1S/C28H28N4O2/c1-33-17-18-34-27(30)24-20-31-26(29)19-25(24)32-28(21-11-5-2-6-12-21,22-13-7-3-8-14-22)23-15-9-4-10-16-23/h2-16,19-20,30H,17-18H2,1H3,(H3,29,31,32). The lowest BCUT2D eigenvalue weighted by Crippen LogP contribution is -2.38. The van der Waals surface area contributed by atoms with Crippen molar-refractivity contribution in [1.29, 1.82) is 5.41 Å². The molecule has 0 saturated heterocycles. The molecule has 172 valence electrons. The van der Waals surface area contributed by atoms with Gasteiger partial charge in [0, 0.05) is 19.4 Å². The Labute approximate surface area is 199 Å². The van der Waals surface area contributed by atoms with E-state index in [2.05, 4.69) is 46.7 Å². The van der Waals surface area contributed by atoms with E-state index < -0.39 is 5.54 Å². The summed E-state index contributed by atoms with van der Waals surface area (Å²) in [5.41, 5.74) is 9.62. The molecular weight excluding hydrogens is 424 g/mol. The summed E-state index contributed by atoms with van der Waals surface area (Å²) in [6.45, 7) is 0.649. The Balaban J connectivity index is 1.92. The van der Waals surface area contributed by atoms with Crippen LogP contribution >= 0.6 is 0 Å². The molecule has 4 rings (SSSR count). The highest BCUT2D eigenvalue weighted by Gasteiger charge is 2.37. The molecule has 1 aromatic heterocycles. The molecule has 0 aliphatic rings. The van der Waals surface area contributed by atoms with Crippen molar-refractivity contribution in [2.24, 2.45) is 0 Å². The van der Waals surface area contributed by atoms with E-state index in [4.69, 9.17) is 20.6 Å². The molecule has 1 heterocycles. The normalized spacial score (nSPS) is 11.1. The molecule has 0 aliphatic carbocycles. The number of ether oxygens (including phenoxy) is 2. The number of nitrogens with zero attached hydrogens (tertiary/aromatic N) is 1. The highest BCUT2D eigenvalue weighted by molar-refractivity contribution is 5.98. The predicted molar refractivity (Wildman–Crippen MR) is 136 cm³/mol. The Morgan fingerprint density at radius 1 is 0.853 bits per heavy atom. The molecule has 6 nitrogen and oxygen atoms in total. The number of hydrogen-bond acceptors (Lipinski definition) is 6. The maximum atomic E-state index is 8.54. The molecule has 0 bridgehead atoms. The van der Waals surface area contributed by atoms with Crippen LogP contribution in [0, 0.1) is 5.41 Å². The third kappa shape index (κ3) is 4.77. The zero-order chi connectivity index (χ0) is 23.8. The van der Waals surface area contributed by atoms with Crippen LogP contribution in [0.1, 0.15) is 22.3 Å². The molecule has 3 aromatic carbocycles. The second kappa shape index (κ2) is 10.6. The Kier molecular flexibility index (Phi) is 7.20. The van der Waals surface area contributed by atoms with Gasteiger partial charge in [0.2, 0.25) is 5.90 Å². The summed E-state index contributed by atoms with van der Waals surface area (Å²) in [6.07, 6.45) is 1.57. The highest BCUT2D eigenvalue weighted by Crippen LogP contribution is 2.40. The number of pyridine rings is 1. The van der Waals surface area contributed by atoms with Crippen LogP contribution in [-0.2, 0) is 15.0 Å². The van der Waals surface area contributed by atoms with Gasteiger partial charge in [0.25, 0.3) is 0 Å². The molecule has 0 unspecified atom stereocenters. The molecule has 4 N–H and O–H groups in total. The van der Waals surface area contributed by atoms with Crippen LogP contribution < -0.4 is 11.1 Å². The largest absolute Gasteiger partial charge is 0.475 e. The van der Waals surface area contributed by atoms with Crippen molar-refractivity contribution in [1.82, 2.24) is 4.98 Å². The number of benzene rings is 3. The zero-order valence-electron chi connectivity index (χ0n) is 19.1. The first-order valence-corrected chi connectivity index (χ1v) is 11.1. The fourth-order valence-corrected chi connectivity index (χ4v) is 4.04. The van der Waals surface area contributed by atoms with Crippen molar-refractivity contribution in [2.45, 2.75) is 5.54 Å². The fourth-order valence-electron chi connectivity index (χ4n) is 4.04. The number of aromatic nitrogens is 1. The first-order chi connectivity index (χ1) is 16.6. The van der Waals surface area contributed by atoms with Crippen LogP contribution in [0.5, 0.6) is 0 Å². The average Bonchev–Trinajstić information content (AvgIpc) is 2.89. The van der Waals surface area contributed by atoms with E-state index in [1.54, 1.807) is 19.4 Å². The van der Waals surface area contributed by atoms with Crippen LogP contribution in [-0.4, -0.2) is 31.2 Å². The van der Waals surface area contributed by atoms with Gasteiger partial charge in [0.1, 0.15) is 18.0 Å². The summed E-state index contributed by atoms with van der Waals surface area (Å²) in [5.74, 6) is 0.342. The molecule has 0 saturated carbocycles. The zero-order valence-corrected chi connectivity index (χ0v) is 19.1. The maximum absolute atomic E-state index is 8.54. The van der Waals surface area contributed by atoms with Crippen molar-refractivity contribution in [3.8, 4) is 0 Å². The molecular formula is C28H28N4O2. The van der Waals surface area contributed by atoms with Gasteiger partial charge in [-0.2, -0.15) is 0 Å². The second-order valence-corrected chi connectivity index (χ2v) is 7.80. The van der Waals surface area contributed by atoms with Crippen LogP contribution in [0.15, 0.2) is 103 Å². The molecule has 4 aromatic rings. The van der Waals surface area contributed by atoms with Crippen molar-refractivity contribution in [3.05, 3.63) is 126 Å². The van der Waals surface area contributed by atoms with Gasteiger partial charge in [0.05, 0.1) is 17.9 Å². The Hall–Kier alpha value is -4.16. The van der Waals surface area contributed by atoms with Gasteiger partial charge in [-0.3, -0.25) is 5.41 Å². The first-order valence-electron chi connectivity index (χ1n) is 11.1. The number of nitrogens with two attached hydrogens (primary N) is 1. The number of methoxy groups -OCH3 is 1. The lowest BCUT2D eigenvalue weighted by Gasteiger charge is -2.38. The topological polar surface area (TPSA) is 93.2 Å². The van der Waals surface area contributed by atoms with Gasteiger partial charge in [0.15, 0.2) is 0 Å². The van der Waals surface area contributed by atoms with Gasteiger partial charge in [-0.15, -0.1) is 0 Å². The Bertz CT molecular complexity index is 1120. The van der Waals surface area contributed by atoms with Crippen LogP contribution in [0.2, 0.25) is 0 Å². The first kappa shape index (κ1) is 23.0. The third-order valence-corrected chi connectivity index (χ3v) is 5.65. The molecule has 0 aliphatic heterocycles. The van der Waals surface area contributed by atoms with E-state index in [0.717, 1.165) is 16.7 Å². The minimum Gasteiger partial charge on any atom is -0.475 e. The summed E-state index contributed by atoms with van der Waals surface area (Å²) in [5, 5.41) is 12.3. The van der Waals surface area contributed by atoms with Crippen molar-refractivity contribution in [3.63, 3.8) is 0 Å². The van der Waals surface area contributed by atoms with Gasteiger partial charge in [-0.1, -0.05) is 91.0 Å². The van der Waals surface area contributed by atoms with Crippen LogP contribution in [0.4, 0.5) is 11.5 Å². The number of anilines is 2. The van der Waals surface area contributed by atoms with Gasteiger partial charge in [-0.25, -0.2) is 4.98 Å². The fraction of sp³-hybridized carbons (Fsp3) is 0.143. The molecule has 0 radical (unpaired) electrons. The Morgan fingerprint density at radius 3 is 1.82 bits per heavy atom. The van der Waals surface area contributed by atoms with Gasteiger partial charge < -0.3 is 20.5 Å². The van der Waals surface area contributed by atoms with Crippen LogP contribution in [0.25, 0.3) is 0 Å². The quantitative estimate of drug-likeness (QED) is 0.143. The van der Waals surface area contributed by atoms with Gasteiger partial charge >= 0.3 is 0 Å². The molecule has 0 amide bonds. The number of nitrogen functional groups attached to an aromatic ring is 1. The van der Waals surface area contributed by atoms with Crippen molar-refractivity contribution >= 4 is 17.4 Å². The number of hydrogen-bond donors (Lipinski definition) is 3. The van der Waals surface area contributed by atoms with E-state index in [1.807, 2.05) is 54.6 Å². The summed E-state index contributed by atoms with van der Waals surface area (Å²) in [7, 11) is 1.60. The summed E-state index contributed by atoms with van der Waals surface area (Å²) in [6, 6.07) is 32.4. The van der Waals surface area contributed by atoms with Gasteiger partial charge in [-0.05, 0) is 16.7 Å². The second-order valence-electron chi connectivity index (χ2n) is 7.80. The molecule has 0 spiro atoms. The molecule has 34 heavy (non-hydrogen) atoms. The van der Waals surface area contributed by atoms with Crippen LogP contribution in [0.3, 0.4) is 0 Å². The monoisotopic (exact) mass is 452 g/mol. The minimum atomic E-state index is -0.765. The summed E-state index contributed by atoms with van der Waals surface area (Å²) >= 11 is 0. The molecule has 0 fully saturated rings. The van der Waals surface area contributed by atoms with E-state index in [9.17, 15) is 0 Å². The Morgan fingerprint density at radius 2 is 1.35 bits per heavy atom. The molecule has 6 heteroatoms. The summed E-state index contributed by atoms with van der Waals surface area (Å²) in [4.78, 5) is 4.22. The smallest absolute Gasteiger partial charge is 0.217 e. The van der Waals surface area contributed by atoms with E-state index in [1.165, 1.54) is 0 Å². The minimum absolute atomic E-state index is 0.00450. The third-order valence-electron chi connectivity index (χ3n) is 5.65. The highest BCUT2D eigenvalue weighted by atomic mass is 16.5. The average molecular weight is 453 g/mol. The summed E-state index contributed by atoms with van der Waals surface area (Å²) < 4.78 is 10.7. The lowest BCUT2D eigenvalue weighted by atomic mass is 9.76. The number of nitrogens with one attached hydrogen (secondary N) is 2. The predicted octanol–water partition coefficient (Wildman–Crippen LogP) is 5.06. The van der Waals surface area contributed by atoms with Crippen molar-refractivity contribution in [2.75, 3.05) is 31.4 Å². The SMILES string of the molecule is COCCOC(=N)c1cnc(N)cc1NC(c1ccccc1)(c1ccccc1)c1ccccc1. The molecule has 0 atom stereocenters. The van der Waals surface area contributed by atoms with Crippen molar-refractivity contribution < 1.29 is 9.47 Å². The van der Waals surface area contributed by atoms with E-state index in [0.29, 0.717) is 23.7 Å².